The quantitative estimate of drug-likeness (QED) is 0.227. The van der Waals surface area contributed by atoms with E-state index in [9.17, 15) is 14.7 Å². The molecule has 2 aromatic carbocycles. The number of carbonyl (C=O) groups is 2. The predicted octanol–water partition coefficient (Wildman–Crippen LogP) is 6.72. The minimum atomic E-state index is -0.737. The van der Waals surface area contributed by atoms with E-state index < -0.39 is 17.7 Å². The lowest BCUT2D eigenvalue weighted by atomic mass is 9.84. The Hall–Kier alpha value is -3.09. The van der Waals surface area contributed by atoms with Crippen molar-refractivity contribution in [1.29, 1.82) is 0 Å². The lowest BCUT2D eigenvalue weighted by molar-refractivity contribution is -0.140. The average Bonchev–Trinajstić information content (AvgIpc) is 3.41. The van der Waals surface area contributed by atoms with Gasteiger partial charge < -0.3 is 14.7 Å². The Balaban J connectivity index is 1.88. The molecule has 1 aliphatic heterocycles. The van der Waals surface area contributed by atoms with Crippen molar-refractivity contribution in [2.24, 2.45) is 0 Å². The van der Waals surface area contributed by atoms with Crippen LogP contribution in [0.25, 0.3) is 5.76 Å². The molecule has 0 radical (unpaired) electrons. The zero-order valence-corrected chi connectivity index (χ0v) is 21.7. The Morgan fingerprint density at radius 1 is 1.11 bits per heavy atom. The molecule has 0 saturated carbocycles. The SMILES string of the molecule is CCOc1ccc(/C(O)=C2/C(=O)C(=O)N(Cc3cccs3)C2c2ccc(Cl)cc2)cc1C(C)(C)C. The first-order chi connectivity index (χ1) is 16.6. The van der Waals surface area contributed by atoms with Gasteiger partial charge in [-0.2, -0.15) is 0 Å². The van der Waals surface area contributed by atoms with Crippen LogP contribution in [0.3, 0.4) is 0 Å². The molecular weight excluding hydrogens is 482 g/mol. The summed E-state index contributed by atoms with van der Waals surface area (Å²) in [4.78, 5) is 29.0. The molecule has 2 heterocycles. The summed E-state index contributed by atoms with van der Waals surface area (Å²) >= 11 is 7.61. The summed E-state index contributed by atoms with van der Waals surface area (Å²) in [7, 11) is 0. The van der Waals surface area contributed by atoms with E-state index in [1.807, 2.05) is 30.5 Å². The molecule has 1 aromatic heterocycles. The molecule has 1 fully saturated rings. The monoisotopic (exact) mass is 509 g/mol. The van der Waals surface area contributed by atoms with Gasteiger partial charge in [-0.1, -0.05) is 50.6 Å². The second-order valence-electron chi connectivity index (χ2n) is 9.45. The first-order valence-corrected chi connectivity index (χ1v) is 12.7. The molecule has 3 aromatic rings. The highest BCUT2D eigenvalue weighted by molar-refractivity contribution is 7.09. The van der Waals surface area contributed by atoms with E-state index in [-0.39, 0.29) is 23.3 Å². The summed E-state index contributed by atoms with van der Waals surface area (Å²) < 4.78 is 5.80. The van der Waals surface area contributed by atoms with Crippen molar-refractivity contribution in [2.45, 2.75) is 45.7 Å². The van der Waals surface area contributed by atoms with Gasteiger partial charge in [0.25, 0.3) is 11.7 Å². The number of ketones is 1. The molecule has 0 spiro atoms. The van der Waals surface area contributed by atoms with Crippen LogP contribution in [0.15, 0.2) is 65.6 Å². The normalized spacial score (nSPS) is 17.7. The number of rotatable bonds is 6. The van der Waals surface area contributed by atoms with E-state index in [2.05, 4.69) is 20.8 Å². The smallest absolute Gasteiger partial charge is 0.295 e. The molecule has 1 saturated heterocycles. The Kier molecular flexibility index (Phi) is 7.06. The summed E-state index contributed by atoms with van der Waals surface area (Å²) in [5, 5.41) is 13.9. The van der Waals surface area contributed by atoms with Crippen molar-refractivity contribution in [1.82, 2.24) is 4.90 Å². The standard InChI is InChI=1S/C28H28ClNO4S/c1-5-34-22-13-10-18(15-21(22)28(2,3)4)25(31)23-24(17-8-11-19(29)12-9-17)30(27(33)26(23)32)16-20-7-6-14-35-20/h6-15,24,31H,5,16H2,1-4H3/b25-23-. The van der Waals surface area contributed by atoms with Gasteiger partial charge in [0.1, 0.15) is 11.5 Å². The van der Waals surface area contributed by atoms with E-state index in [1.54, 1.807) is 36.4 Å². The third-order valence-electron chi connectivity index (χ3n) is 5.99. The minimum Gasteiger partial charge on any atom is -0.507 e. The molecule has 35 heavy (non-hydrogen) atoms. The molecule has 1 unspecified atom stereocenters. The lowest BCUT2D eigenvalue weighted by Gasteiger charge is -2.26. The summed E-state index contributed by atoms with van der Waals surface area (Å²) in [6.07, 6.45) is 0. The molecule has 0 bridgehead atoms. The number of amides is 1. The molecule has 5 nitrogen and oxygen atoms in total. The van der Waals surface area contributed by atoms with Crippen LogP contribution in [0.1, 0.15) is 55.3 Å². The third kappa shape index (κ3) is 5.00. The molecule has 1 amide bonds. The number of nitrogens with zero attached hydrogens (tertiary/aromatic N) is 1. The highest BCUT2D eigenvalue weighted by Gasteiger charge is 2.46. The Morgan fingerprint density at radius 3 is 2.43 bits per heavy atom. The highest BCUT2D eigenvalue weighted by Crippen LogP contribution is 2.42. The highest BCUT2D eigenvalue weighted by atomic mass is 35.5. The van der Waals surface area contributed by atoms with Gasteiger partial charge in [0, 0.05) is 21.0 Å². The van der Waals surface area contributed by atoms with E-state index >= 15 is 0 Å². The summed E-state index contributed by atoms with van der Waals surface area (Å²) in [5.41, 5.74) is 1.87. The van der Waals surface area contributed by atoms with E-state index in [1.165, 1.54) is 16.2 Å². The zero-order valence-electron chi connectivity index (χ0n) is 20.2. The number of thiophene rings is 1. The fourth-order valence-electron chi connectivity index (χ4n) is 4.31. The van der Waals surface area contributed by atoms with Crippen molar-refractivity contribution in [2.75, 3.05) is 6.61 Å². The van der Waals surface area contributed by atoms with Crippen LogP contribution >= 0.6 is 22.9 Å². The predicted molar refractivity (Wildman–Crippen MR) is 140 cm³/mol. The van der Waals surface area contributed by atoms with Gasteiger partial charge in [-0.15, -0.1) is 11.3 Å². The van der Waals surface area contributed by atoms with Crippen molar-refractivity contribution < 1.29 is 19.4 Å². The lowest BCUT2D eigenvalue weighted by Crippen LogP contribution is -2.28. The van der Waals surface area contributed by atoms with Crippen LogP contribution < -0.4 is 4.74 Å². The second-order valence-corrected chi connectivity index (χ2v) is 10.9. The van der Waals surface area contributed by atoms with Crippen molar-refractivity contribution in [3.05, 3.63) is 92.1 Å². The largest absolute Gasteiger partial charge is 0.507 e. The fraction of sp³-hybridized carbons (Fsp3) is 0.286. The van der Waals surface area contributed by atoms with E-state index in [4.69, 9.17) is 16.3 Å². The van der Waals surface area contributed by atoms with Gasteiger partial charge in [-0.05, 0) is 59.7 Å². The fourth-order valence-corrected chi connectivity index (χ4v) is 5.13. The molecule has 1 aliphatic rings. The van der Waals surface area contributed by atoms with Gasteiger partial charge in [-0.25, -0.2) is 0 Å². The summed E-state index contributed by atoms with van der Waals surface area (Å²) in [6, 6.07) is 15.5. The van der Waals surface area contributed by atoms with Crippen molar-refractivity contribution in [3.63, 3.8) is 0 Å². The molecule has 0 aliphatic carbocycles. The number of ether oxygens (including phenoxy) is 1. The second kappa shape index (κ2) is 9.88. The molecular formula is C28H28ClNO4S. The maximum absolute atomic E-state index is 13.3. The van der Waals surface area contributed by atoms with Crippen LogP contribution in [-0.2, 0) is 21.5 Å². The van der Waals surface area contributed by atoms with Crippen LogP contribution in [0.4, 0.5) is 0 Å². The summed E-state index contributed by atoms with van der Waals surface area (Å²) in [6.45, 7) is 8.87. The average molecular weight is 510 g/mol. The third-order valence-corrected chi connectivity index (χ3v) is 7.11. The van der Waals surface area contributed by atoms with E-state index in [0.717, 1.165) is 16.2 Å². The number of likely N-dealkylation sites (tertiary alicyclic amines) is 1. The molecule has 1 atom stereocenters. The number of hydrogen-bond acceptors (Lipinski definition) is 5. The van der Waals surface area contributed by atoms with Crippen LogP contribution in [0.5, 0.6) is 5.75 Å². The molecule has 182 valence electrons. The number of aliphatic hydroxyl groups is 1. The number of benzene rings is 2. The summed E-state index contributed by atoms with van der Waals surface area (Å²) in [5.74, 6) is -0.818. The van der Waals surface area contributed by atoms with Gasteiger partial charge in [0.15, 0.2) is 0 Å². The number of Topliss-reactive ketones (excluding diaryl/α,β-unsaturated/α-hetero) is 1. The molecule has 1 N–H and O–H groups in total. The van der Waals surface area contributed by atoms with Gasteiger partial charge in [0.05, 0.1) is 24.8 Å². The van der Waals surface area contributed by atoms with Crippen LogP contribution in [0.2, 0.25) is 5.02 Å². The minimum absolute atomic E-state index is 0.0675. The Morgan fingerprint density at radius 2 is 1.83 bits per heavy atom. The van der Waals surface area contributed by atoms with Gasteiger partial charge in [-0.3, -0.25) is 9.59 Å². The van der Waals surface area contributed by atoms with Gasteiger partial charge in [0.2, 0.25) is 0 Å². The van der Waals surface area contributed by atoms with E-state index in [0.29, 0.717) is 22.8 Å². The first kappa shape index (κ1) is 25.0. The topological polar surface area (TPSA) is 66.8 Å². The van der Waals surface area contributed by atoms with Crippen LogP contribution in [-0.4, -0.2) is 28.3 Å². The van der Waals surface area contributed by atoms with Crippen molar-refractivity contribution >= 4 is 40.4 Å². The molecule has 4 rings (SSSR count). The van der Waals surface area contributed by atoms with Crippen molar-refractivity contribution in [3.8, 4) is 5.75 Å². The number of hydrogen-bond donors (Lipinski definition) is 1. The number of aliphatic hydroxyl groups excluding tert-OH is 1. The van der Waals surface area contributed by atoms with Gasteiger partial charge >= 0.3 is 0 Å². The number of halogens is 1. The Labute approximate surface area is 214 Å². The first-order valence-electron chi connectivity index (χ1n) is 11.5. The maximum atomic E-state index is 13.3. The Bertz CT molecular complexity index is 1270. The number of carbonyl (C=O) groups excluding carboxylic acids is 2. The van der Waals surface area contributed by atoms with Crippen LogP contribution in [0, 0.1) is 0 Å². The zero-order chi connectivity index (χ0) is 25.3. The molecule has 7 heteroatoms. The maximum Gasteiger partial charge on any atom is 0.295 e.